The van der Waals surface area contributed by atoms with E-state index < -0.39 is 16.0 Å². The monoisotopic (exact) mass is 315 g/mol. The number of hydrogen-bond acceptors (Lipinski definition) is 4. The van der Waals surface area contributed by atoms with Gasteiger partial charge >= 0.3 is 5.97 Å². The van der Waals surface area contributed by atoms with E-state index in [2.05, 4.69) is 0 Å². The maximum absolute atomic E-state index is 12.5. The zero-order valence-corrected chi connectivity index (χ0v) is 13.3. The quantitative estimate of drug-likeness (QED) is 0.790. The second-order valence-corrected chi connectivity index (χ2v) is 6.74. The molecule has 0 saturated heterocycles. The Balaban J connectivity index is 3.23. The number of unbranched alkanes of at least 4 members (excludes halogenated alkanes) is 1. The van der Waals surface area contributed by atoms with Crippen molar-refractivity contribution < 1.29 is 23.1 Å². The van der Waals surface area contributed by atoms with E-state index in [0.717, 1.165) is 12.8 Å². The van der Waals surface area contributed by atoms with Crippen LogP contribution < -0.4 is 4.74 Å². The third kappa shape index (κ3) is 4.44. The minimum absolute atomic E-state index is 0.0179. The van der Waals surface area contributed by atoms with Crippen LogP contribution in [-0.4, -0.2) is 44.5 Å². The van der Waals surface area contributed by atoms with Crippen LogP contribution in [0.1, 0.15) is 25.3 Å². The van der Waals surface area contributed by atoms with Crippen LogP contribution >= 0.6 is 0 Å². The van der Waals surface area contributed by atoms with Crippen molar-refractivity contribution in [2.75, 3.05) is 20.7 Å². The maximum atomic E-state index is 12.5. The van der Waals surface area contributed by atoms with E-state index in [1.165, 1.54) is 36.7 Å². The molecule has 1 aromatic carbocycles. The van der Waals surface area contributed by atoms with E-state index in [-0.39, 0.29) is 16.9 Å². The predicted molar refractivity (Wildman–Crippen MR) is 79.1 cm³/mol. The second-order valence-electron chi connectivity index (χ2n) is 4.72. The highest BCUT2D eigenvalue weighted by atomic mass is 32.2. The lowest BCUT2D eigenvalue weighted by molar-refractivity contribution is -0.136. The molecule has 0 amide bonds. The molecule has 0 fully saturated rings. The van der Waals surface area contributed by atoms with E-state index in [0.29, 0.717) is 12.3 Å². The molecular formula is C14H21NO5S. The van der Waals surface area contributed by atoms with Crippen molar-refractivity contribution in [1.82, 2.24) is 4.31 Å². The fourth-order valence-corrected chi connectivity index (χ4v) is 3.31. The van der Waals surface area contributed by atoms with Crippen LogP contribution in [0.4, 0.5) is 0 Å². The van der Waals surface area contributed by atoms with Crippen LogP contribution in [0.15, 0.2) is 23.1 Å². The van der Waals surface area contributed by atoms with Crippen molar-refractivity contribution in [2.24, 2.45) is 0 Å². The number of rotatable bonds is 8. The molecule has 1 N–H and O–H groups in total. The van der Waals surface area contributed by atoms with Crippen LogP contribution in [0.5, 0.6) is 5.75 Å². The largest absolute Gasteiger partial charge is 0.497 e. The highest BCUT2D eigenvalue weighted by Crippen LogP contribution is 2.25. The van der Waals surface area contributed by atoms with Crippen LogP contribution in [0, 0.1) is 0 Å². The Hall–Kier alpha value is -1.60. The highest BCUT2D eigenvalue weighted by Gasteiger charge is 2.24. The summed E-state index contributed by atoms with van der Waals surface area (Å²) in [7, 11) is -0.752. The first-order valence-corrected chi connectivity index (χ1v) is 8.12. The van der Waals surface area contributed by atoms with Crippen molar-refractivity contribution in [3.05, 3.63) is 23.8 Å². The molecule has 0 saturated carbocycles. The number of benzene rings is 1. The van der Waals surface area contributed by atoms with Crippen LogP contribution in [-0.2, 0) is 21.2 Å². The topological polar surface area (TPSA) is 83.9 Å². The molecule has 6 nitrogen and oxygen atoms in total. The van der Waals surface area contributed by atoms with Gasteiger partial charge in [0.2, 0.25) is 10.0 Å². The SMILES string of the molecule is CCCCN(C)S(=O)(=O)c1ccc(OC)cc1CC(=O)O. The van der Waals surface area contributed by atoms with Gasteiger partial charge in [-0.05, 0) is 30.2 Å². The van der Waals surface area contributed by atoms with Gasteiger partial charge in [-0.25, -0.2) is 12.7 Å². The molecule has 0 aromatic heterocycles. The second kappa shape index (κ2) is 7.42. The number of carbonyl (C=O) groups is 1. The lowest BCUT2D eigenvalue weighted by atomic mass is 10.1. The summed E-state index contributed by atoms with van der Waals surface area (Å²) in [6.45, 7) is 2.38. The average molecular weight is 315 g/mol. The van der Waals surface area contributed by atoms with E-state index in [1.807, 2.05) is 6.92 Å². The molecule has 0 aliphatic carbocycles. The maximum Gasteiger partial charge on any atom is 0.307 e. The summed E-state index contributed by atoms with van der Waals surface area (Å²) >= 11 is 0. The molecule has 0 heterocycles. The summed E-state index contributed by atoms with van der Waals surface area (Å²) in [6.07, 6.45) is 1.26. The Bertz CT molecular complexity index is 597. The Morgan fingerprint density at radius 1 is 1.38 bits per heavy atom. The number of aliphatic carboxylic acids is 1. The number of methoxy groups -OCH3 is 1. The summed E-state index contributed by atoms with van der Waals surface area (Å²) in [5.41, 5.74) is 0.227. The lowest BCUT2D eigenvalue weighted by Crippen LogP contribution is -2.29. The Morgan fingerprint density at radius 2 is 2.05 bits per heavy atom. The Kier molecular flexibility index (Phi) is 6.17. The van der Waals surface area contributed by atoms with Crippen molar-refractivity contribution in [1.29, 1.82) is 0 Å². The number of carboxylic acid groups (broad SMARTS) is 1. The van der Waals surface area contributed by atoms with Crippen molar-refractivity contribution in [3.8, 4) is 5.75 Å². The third-order valence-corrected chi connectivity index (χ3v) is 5.08. The number of ether oxygens (including phenoxy) is 1. The Labute approximate surface area is 125 Å². The lowest BCUT2D eigenvalue weighted by Gasteiger charge is -2.19. The van der Waals surface area contributed by atoms with Crippen molar-refractivity contribution >= 4 is 16.0 Å². The van der Waals surface area contributed by atoms with Gasteiger partial charge in [0.25, 0.3) is 0 Å². The minimum atomic E-state index is -3.70. The fourth-order valence-electron chi connectivity index (χ4n) is 1.90. The molecule has 0 radical (unpaired) electrons. The molecule has 1 rings (SSSR count). The Morgan fingerprint density at radius 3 is 2.57 bits per heavy atom. The molecule has 1 aromatic rings. The molecule has 0 aliphatic rings. The van der Waals surface area contributed by atoms with Gasteiger partial charge in [0, 0.05) is 13.6 Å². The van der Waals surface area contributed by atoms with Gasteiger partial charge in [-0.15, -0.1) is 0 Å². The first-order chi connectivity index (χ1) is 9.82. The summed E-state index contributed by atoms with van der Waals surface area (Å²) in [5.74, 6) is -0.655. The molecule has 21 heavy (non-hydrogen) atoms. The van der Waals surface area contributed by atoms with Crippen LogP contribution in [0.25, 0.3) is 0 Å². The first kappa shape index (κ1) is 17.5. The van der Waals surface area contributed by atoms with Gasteiger partial charge in [-0.2, -0.15) is 0 Å². The normalized spacial score (nSPS) is 11.6. The fraction of sp³-hybridized carbons (Fsp3) is 0.500. The molecule has 0 aliphatic heterocycles. The smallest absolute Gasteiger partial charge is 0.307 e. The molecule has 7 heteroatoms. The first-order valence-electron chi connectivity index (χ1n) is 6.68. The van der Waals surface area contributed by atoms with Gasteiger partial charge in [0.1, 0.15) is 5.75 Å². The van der Waals surface area contributed by atoms with Gasteiger partial charge in [0.05, 0.1) is 18.4 Å². The molecule has 0 unspecified atom stereocenters. The molecule has 0 spiro atoms. The zero-order valence-electron chi connectivity index (χ0n) is 12.5. The van der Waals surface area contributed by atoms with E-state index in [1.54, 1.807) is 0 Å². The number of carboxylic acids is 1. The van der Waals surface area contributed by atoms with Gasteiger partial charge < -0.3 is 9.84 Å². The highest BCUT2D eigenvalue weighted by molar-refractivity contribution is 7.89. The van der Waals surface area contributed by atoms with Crippen molar-refractivity contribution in [3.63, 3.8) is 0 Å². The summed E-state index contributed by atoms with van der Waals surface area (Å²) in [5, 5.41) is 8.95. The van der Waals surface area contributed by atoms with Gasteiger partial charge in [0.15, 0.2) is 0 Å². The van der Waals surface area contributed by atoms with Crippen LogP contribution in [0.3, 0.4) is 0 Å². The van der Waals surface area contributed by atoms with E-state index in [9.17, 15) is 13.2 Å². The summed E-state index contributed by atoms with van der Waals surface area (Å²) in [6, 6.07) is 4.37. The molecule has 0 atom stereocenters. The van der Waals surface area contributed by atoms with E-state index >= 15 is 0 Å². The average Bonchev–Trinajstić information content (AvgIpc) is 2.43. The zero-order chi connectivity index (χ0) is 16.0. The summed E-state index contributed by atoms with van der Waals surface area (Å²) in [4.78, 5) is 11.0. The van der Waals surface area contributed by atoms with Gasteiger partial charge in [-0.1, -0.05) is 13.3 Å². The van der Waals surface area contributed by atoms with Crippen molar-refractivity contribution in [2.45, 2.75) is 31.1 Å². The standard InChI is InChI=1S/C14H21NO5S/c1-4-5-8-15(2)21(18,19)13-7-6-12(20-3)9-11(13)10-14(16)17/h6-7,9H,4-5,8,10H2,1-3H3,(H,16,17). The summed E-state index contributed by atoms with van der Waals surface area (Å²) < 4.78 is 31.3. The predicted octanol–water partition coefficient (Wildman–Crippen LogP) is 1.74. The van der Waals surface area contributed by atoms with E-state index in [4.69, 9.17) is 9.84 Å². The number of sulfonamides is 1. The minimum Gasteiger partial charge on any atom is -0.497 e. The molecule has 118 valence electrons. The number of hydrogen-bond donors (Lipinski definition) is 1. The van der Waals surface area contributed by atoms with Gasteiger partial charge in [-0.3, -0.25) is 4.79 Å². The molecular weight excluding hydrogens is 294 g/mol. The number of nitrogens with zero attached hydrogens (tertiary/aromatic N) is 1. The van der Waals surface area contributed by atoms with Crippen LogP contribution in [0.2, 0.25) is 0 Å². The third-order valence-electron chi connectivity index (χ3n) is 3.12. The molecule has 0 bridgehead atoms.